The largest absolute Gasteiger partial charge is 0.444 e. The van der Waals surface area contributed by atoms with Crippen molar-refractivity contribution in [1.29, 1.82) is 0 Å². The number of carbonyl (C=O) groups is 2. The summed E-state index contributed by atoms with van der Waals surface area (Å²) in [5.74, 6) is 1.08. The van der Waals surface area contributed by atoms with Crippen LogP contribution in [0, 0.1) is 5.41 Å². The second-order valence-corrected chi connectivity index (χ2v) is 12.1. The summed E-state index contributed by atoms with van der Waals surface area (Å²) in [6, 6.07) is 8.51. The highest BCUT2D eigenvalue weighted by atomic mass is 16.6. The first-order valence-electron chi connectivity index (χ1n) is 13.3. The predicted molar refractivity (Wildman–Crippen MR) is 144 cm³/mol. The number of nitrogens with zero attached hydrogens (tertiary/aromatic N) is 5. The predicted octanol–water partition coefficient (Wildman–Crippen LogP) is 4.57. The average molecular weight is 523 g/mol. The van der Waals surface area contributed by atoms with Crippen LogP contribution in [-0.2, 0) is 22.6 Å². The number of anilines is 2. The van der Waals surface area contributed by atoms with Crippen LogP contribution in [0.4, 0.5) is 21.4 Å². The first-order chi connectivity index (χ1) is 17.9. The standard InChI is InChI=1S/C28H38N6O4/c1-18(2)34-23-22(13-37-26(34)36)11-29-24(31-23)30-19(3)21-9-7-20(8-10-21)12-32-14-28(15-32)16-33(17-28)25(35)38-27(4,5)6/h7-11,18-19H,12-17H2,1-6H3,(H,29,30,31)/t19-/m0/s1. The van der Waals surface area contributed by atoms with Gasteiger partial charge < -0.3 is 19.7 Å². The van der Waals surface area contributed by atoms with E-state index in [2.05, 4.69) is 51.4 Å². The molecule has 10 nitrogen and oxygen atoms in total. The van der Waals surface area contributed by atoms with Crippen LogP contribution >= 0.6 is 0 Å². The number of likely N-dealkylation sites (tertiary alicyclic amines) is 2. The first kappa shape index (κ1) is 26.2. The van der Waals surface area contributed by atoms with Gasteiger partial charge in [0.15, 0.2) is 0 Å². The van der Waals surface area contributed by atoms with Crippen LogP contribution < -0.4 is 10.2 Å². The van der Waals surface area contributed by atoms with Gasteiger partial charge in [-0.3, -0.25) is 9.80 Å². The maximum Gasteiger partial charge on any atom is 0.416 e. The number of benzene rings is 1. The highest BCUT2D eigenvalue weighted by Crippen LogP contribution is 2.41. The van der Waals surface area contributed by atoms with Gasteiger partial charge in [-0.2, -0.15) is 4.98 Å². The summed E-state index contributed by atoms with van der Waals surface area (Å²) in [4.78, 5) is 39.3. The maximum absolute atomic E-state index is 12.2. The molecule has 2 saturated heterocycles. The van der Waals surface area contributed by atoms with Gasteiger partial charge >= 0.3 is 12.2 Å². The van der Waals surface area contributed by atoms with Crippen LogP contribution in [0.3, 0.4) is 0 Å². The van der Waals surface area contributed by atoms with Gasteiger partial charge in [0.2, 0.25) is 5.95 Å². The molecule has 0 saturated carbocycles. The normalized spacial score (nSPS) is 19.4. The molecule has 1 N–H and O–H groups in total. The molecule has 3 aliphatic rings. The van der Waals surface area contributed by atoms with Crippen molar-refractivity contribution in [3.05, 3.63) is 47.2 Å². The molecule has 204 valence electrons. The summed E-state index contributed by atoms with van der Waals surface area (Å²) in [5, 5.41) is 3.36. The van der Waals surface area contributed by atoms with E-state index in [1.165, 1.54) is 5.56 Å². The second-order valence-electron chi connectivity index (χ2n) is 12.1. The van der Waals surface area contributed by atoms with Crippen molar-refractivity contribution >= 4 is 24.0 Å². The van der Waals surface area contributed by atoms with Crippen molar-refractivity contribution < 1.29 is 19.1 Å². The molecule has 1 aromatic heterocycles. The van der Waals surface area contributed by atoms with Gasteiger partial charge in [-0.05, 0) is 52.7 Å². The van der Waals surface area contributed by atoms with E-state index in [1.54, 1.807) is 11.1 Å². The van der Waals surface area contributed by atoms with Crippen LogP contribution in [0.15, 0.2) is 30.5 Å². The number of nitrogens with one attached hydrogen (secondary N) is 1. The molecule has 4 heterocycles. The Balaban J connectivity index is 1.12. The molecular weight excluding hydrogens is 484 g/mol. The molecule has 2 fully saturated rings. The number of rotatable bonds is 6. The van der Waals surface area contributed by atoms with E-state index in [0.29, 0.717) is 11.8 Å². The number of fused-ring (bicyclic) bond motifs is 1. The molecule has 1 spiro atoms. The Morgan fingerprint density at radius 3 is 2.45 bits per heavy atom. The third-order valence-corrected chi connectivity index (χ3v) is 7.19. The maximum atomic E-state index is 12.2. The molecule has 2 aromatic rings. The van der Waals surface area contributed by atoms with E-state index in [1.807, 2.05) is 39.5 Å². The number of cyclic esters (lactones) is 1. The van der Waals surface area contributed by atoms with Crippen molar-refractivity contribution in [2.75, 3.05) is 36.4 Å². The molecule has 10 heteroatoms. The third kappa shape index (κ3) is 5.41. The number of amides is 2. The minimum absolute atomic E-state index is 0.00812. The van der Waals surface area contributed by atoms with E-state index < -0.39 is 5.60 Å². The summed E-state index contributed by atoms with van der Waals surface area (Å²) < 4.78 is 10.7. The summed E-state index contributed by atoms with van der Waals surface area (Å²) in [7, 11) is 0. The molecular formula is C28H38N6O4. The molecule has 1 aromatic carbocycles. The Labute approximate surface area is 224 Å². The number of carbonyl (C=O) groups excluding carboxylic acids is 2. The quantitative estimate of drug-likeness (QED) is 0.589. The molecule has 1 atom stereocenters. The van der Waals surface area contributed by atoms with Crippen molar-refractivity contribution in [2.45, 2.75) is 72.4 Å². The number of ether oxygens (including phenoxy) is 2. The number of hydrogen-bond donors (Lipinski definition) is 1. The Kier molecular flexibility index (Phi) is 6.71. The zero-order valence-corrected chi connectivity index (χ0v) is 23.2. The number of aromatic nitrogens is 2. The highest BCUT2D eigenvalue weighted by Gasteiger charge is 2.53. The number of hydrogen-bond acceptors (Lipinski definition) is 8. The lowest BCUT2D eigenvalue weighted by Crippen LogP contribution is -2.72. The molecule has 0 aliphatic carbocycles. The molecule has 2 amide bonds. The second kappa shape index (κ2) is 9.72. The SMILES string of the molecule is CC(C)N1C(=O)OCc2cnc(N[C@@H](C)c3ccc(CN4CC5(C4)CN(C(=O)OC(C)(C)C)C5)cc3)nc21. The van der Waals surface area contributed by atoms with E-state index in [0.717, 1.165) is 43.9 Å². The Morgan fingerprint density at radius 1 is 1.13 bits per heavy atom. The van der Waals surface area contributed by atoms with Crippen molar-refractivity contribution in [3.8, 4) is 0 Å². The van der Waals surface area contributed by atoms with Crippen LogP contribution in [0.25, 0.3) is 0 Å². The van der Waals surface area contributed by atoms with Gasteiger partial charge in [0.1, 0.15) is 18.0 Å². The lowest BCUT2D eigenvalue weighted by atomic mass is 9.73. The van der Waals surface area contributed by atoms with Crippen LogP contribution in [0.2, 0.25) is 0 Å². The van der Waals surface area contributed by atoms with E-state index in [4.69, 9.17) is 9.47 Å². The minimum Gasteiger partial charge on any atom is -0.444 e. The van der Waals surface area contributed by atoms with Gasteiger partial charge in [0.25, 0.3) is 0 Å². The average Bonchev–Trinajstić information content (AvgIpc) is 2.78. The van der Waals surface area contributed by atoms with Gasteiger partial charge in [-0.25, -0.2) is 14.6 Å². The summed E-state index contributed by atoms with van der Waals surface area (Å²) in [6.07, 6.45) is 1.13. The Bertz CT molecular complexity index is 1190. The molecule has 5 rings (SSSR count). The fraction of sp³-hybridized carbons (Fsp3) is 0.571. The summed E-state index contributed by atoms with van der Waals surface area (Å²) in [6.45, 7) is 16.3. The minimum atomic E-state index is -0.455. The fourth-order valence-corrected chi connectivity index (χ4v) is 5.41. The van der Waals surface area contributed by atoms with E-state index >= 15 is 0 Å². The monoisotopic (exact) mass is 522 g/mol. The van der Waals surface area contributed by atoms with Crippen LogP contribution in [0.1, 0.15) is 64.3 Å². The highest BCUT2D eigenvalue weighted by molar-refractivity contribution is 5.89. The van der Waals surface area contributed by atoms with Crippen molar-refractivity contribution in [3.63, 3.8) is 0 Å². The fourth-order valence-electron chi connectivity index (χ4n) is 5.41. The van der Waals surface area contributed by atoms with Crippen LogP contribution in [0.5, 0.6) is 0 Å². The van der Waals surface area contributed by atoms with Crippen LogP contribution in [-0.4, -0.2) is 69.8 Å². The Morgan fingerprint density at radius 2 is 1.82 bits per heavy atom. The van der Waals surface area contributed by atoms with Gasteiger partial charge in [0, 0.05) is 50.4 Å². The third-order valence-electron chi connectivity index (χ3n) is 7.19. The molecule has 0 bridgehead atoms. The molecule has 3 aliphatic heterocycles. The first-order valence-corrected chi connectivity index (χ1v) is 13.3. The molecule has 38 heavy (non-hydrogen) atoms. The van der Waals surface area contributed by atoms with E-state index in [9.17, 15) is 9.59 Å². The topological polar surface area (TPSA) is 100 Å². The van der Waals surface area contributed by atoms with Gasteiger partial charge in [0.05, 0.1) is 11.6 Å². The summed E-state index contributed by atoms with van der Waals surface area (Å²) in [5.41, 5.74) is 2.96. The van der Waals surface area contributed by atoms with Crippen molar-refractivity contribution in [2.24, 2.45) is 5.41 Å². The molecule has 0 unspecified atom stereocenters. The smallest absolute Gasteiger partial charge is 0.416 e. The Hall–Kier alpha value is -3.40. The zero-order chi connectivity index (χ0) is 27.2. The lowest BCUT2D eigenvalue weighted by molar-refractivity contribution is -0.115. The van der Waals surface area contributed by atoms with E-state index in [-0.39, 0.29) is 36.3 Å². The molecule has 0 radical (unpaired) electrons. The lowest BCUT2D eigenvalue weighted by Gasteiger charge is -2.60. The van der Waals surface area contributed by atoms with Gasteiger partial charge in [-0.1, -0.05) is 24.3 Å². The summed E-state index contributed by atoms with van der Waals surface area (Å²) >= 11 is 0. The van der Waals surface area contributed by atoms with Crippen molar-refractivity contribution in [1.82, 2.24) is 19.8 Å². The van der Waals surface area contributed by atoms with Gasteiger partial charge in [-0.15, -0.1) is 0 Å². The zero-order valence-electron chi connectivity index (χ0n) is 23.2.